The molecular formula is C15H18F3N5O2. The Kier molecular flexibility index (Phi) is 5.60. The van der Waals surface area contributed by atoms with Crippen LogP contribution >= 0.6 is 0 Å². The minimum atomic E-state index is -4.78. The summed E-state index contributed by atoms with van der Waals surface area (Å²) in [7, 11) is 2.82. The number of rotatable bonds is 6. The molecule has 0 aliphatic heterocycles. The molecule has 2 heterocycles. The van der Waals surface area contributed by atoms with Crippen LogP contribution in [0.2, 0.25) is 0 Å². The molecule has 25 heavy (non-hydrogen) atoms. The Bertz CT molecular complexity index is 728. The van der Waals surface area contributed by atoms with Crippen LogP contribution < -0.4 is 4.74 Å². The molecule has 0 aliphatic rings. The average Bonchev–Trinajstić information content (AvgIpc) is 3.04. The number of nitrogens with zero attached hydrogens (tertiary/aromatic N) is 5. The van der Waals surface area contributed by atoms with Crippen molar-refractivity contribution < 1.29 is 22.7 Å². The molecule has 2 aromatic heterocycles. The molecular weight excluding hydrogens is 339 g/mol. The molecule has 2 rings (SSSR count). The minimum Gasteiger partial charge on any atom is -0.480 e. The maximum Gasteiger partial charge on any atom is 0.434 e. The van der Waals surface area contributed by atoms with E-state index in [4.69, 9.17) is 4.74 Å². The lowest BCUT2D eigenvalue weighted by Gasteiger charge is -2.18. The fourth-order valence-electron chi connectivity index (χ4n) is 2.19. The van der Waals surface area contributed by atoms with Gasteiger partial charge >= 0.3 is 6.18 Å². The predicted octanol–water partition coefficient (Wildman–Crippen LogP) is 2.56. The van der Waals surface area contributed by atoms with Gasteiger partial charge in [0.2, 0.25) is 5.88 Å². The van der Waals surface area contributed by atoms with Crippen molar-refractivity contribution in [2.75, 3.05) is 20.7 Å². The molecule has 0 bridgehead atoms. The molecule has 0 radical (unpaired) electrons. The summed E-state index contributed by atoms with van der Waals surface area (Å²) in [5.74, 6) is -0.753. The van der Waals surface area contributed by atoms with Crippen molar-refractivity contribution >= 4 is 5.91 Å². The SMILES string of the molecule is CCCCN(C)C(=O)c1cnn(-c2ccc(OC)nn2)c1C(F)(F)F. The lowest BCUT2D eigenvalue weighted by atomic mass is 10.2. The van der Waals surface area contributed by atoms with Gasteiger partial charge < -0.3 is 9.64 Å². The second-order valence-corrected chi connectivity index (χ2v) is 5.33. The van der Waals surface area contributed by atoms with Crippen LogP contribution in [0.1, 0.15) is 35.8 Å². The smallest absolute Gasteiger partial charge is 0.434 e. The second kappa shape index (κ2) is 7.49. The number of carbonyl (C=O) groups is 1. The Morgan fingerprint density at radius 1 is 1.32 bits per heavy atom. The highest BCUT2D eigenvalue weighted by atomic mass is 19.4. The van der Waals surface area contributed by atoms with Gasteiger partial charge in [0.15, 0.2) is 11.5 Å². The van der Waals surface area contributed by atoms with Crippen molar-refractivity contribution in [3.63, 3.8) is 0 Å². The van der Waals surface area contributed by atoms with Gasteiger partial charge in [-0.1, -0.05) is 13.3 Å². The molecule has 2 aromatic rings. The molecule has 10 heteroatoms. The van der Waals surface area contributed by atoms with Gasteiger partial charge in [0.05, 0.1) is 18.9 Å². The van der Waals surface area contributed by atoms with E-state index in [9.17, 15) is 18.0 Å². The number of aromatic nitrogens is 4. The van der Waals surface area contributed by atoms with Crippen molar-refractivity contribution in [3.8, 4) is 11.7 Å². The van der Waals surface area contributed by atoms with Gasteiger partial charge in [-0.15, -0.1) is 10.2 Å². The van der Waals surface area contributed by atoms with Gasteiger partial charge in [-0.2, -0.15) is 18.3 Å². The molecule has 0 aromatic carbocycles. The second-order valence-electron chi connectivity index (χ2n) is 5.33. The molecule has 0 unspecified atom stereocenters. The van der Waals surface area contributed by atoms with Crippen molar-refractivity contribution in [2.24, 2.45) is 0 Å². The third-order valence-corrected chi connectivity index (χ3v) is 3.51. The molecule has 0 fully saturated rings. The Labute approximate surface area is 142 Å². The monoisotopic (exact) mass is 357 g/mol. The summed E-state index contributed by atoms with van der Waals surface area (Å²) in [6.07, 6.45) is -2.36. The Morgan fingerprint density at radius 3 is 2.56 bits per heavy atom. The Hall–Kier alpha value is -2.65. The number of alkyl halides is 3. The summed E-state index contributed by atoms with van der Waals surface area (Å²) in [4.78, 5) is 13.6. The van der Waals surface area contributed by atoms with Gasteiger partial charge in [-0.05, 0) is 12.5 Å². The molecule has 0 N–H and O–H groups in total. The molecule has 0 spiro atoms. The van der Waals surface area contributed by atoms with E-state index in [1.165, 1.54) is 31.2 Å². The lowest BCUT2D eigenvalue weighted by Crippen LogP contribution is -2.30. The standard InChI is InChI=1S/C15H18F3N5O2/c1-4-5-8-22(2)14(24)10-9-19-23(13(10)15(16,17)18)11-6-7-12(25-3)21-20-11/h6-7,9H,4-5,8H2,1-3H3. The topological polar surface area (TPSA) is 73.1 Å². The highest BCUT2D eigenvalue weighted by Gasteiger charge is 2.41. The van der Waals surface area contributed by atoms with E-state index in [-0.39, 0.29) is 11.7 Å². The van der Waals surface area contributed by atoms with Gasteiger partial charge in [0, 0.05) is 19.7 Å². The highest BCUT2D eigenvalue weighted by Crippen LogP contribution is 2.33. The molecule has 7 nitrogen and oxygen atoms in total. The van der Waals surface area contributed by atoms with E-state index in [2.05, 4.69) is 15.3 Å². The molecule has 0 saturated carbocycles. The first-order chi connectivity index (χ1) is 11.8. The largest absolute Gasteiger partial charge is 0.480 e. The Balaban J connectivity index is 2.45. The van der Waals surface area contributed by atoms with Crippen molar-refractivity contribution in [3.05, 3.63) is 29.6 Å². The number of amides is 1. The van der Waals surface area contributed by atoms with Crippen molar-refractivity contribution in [1.29, 1.82) is 0 Å². The summed E-state index contributed by atoms with van der Waals surface area (Å²) in [6, 6.07) is 2.64. The van der Waals surface area contributed by atoms with E-state index in [0.717, 1.165) is 12.6 Å². The van der Waals surface area contributed by atoms with E-state index in [1.807, 2.05) is 6.92 Å². The van der Waals surface area contributed by atoms with Crippen LogP contribution in [0, 0.1) is 0 Å². The van der Waals surface area contributed by atoms with Crippen molar-refractivity contribution in [1.82, 2.24) is 24.9 Å². The zero-order chi connectivity index (χ0) is 18.6. The minimum absolute atomic E-state index is 0.153. The summed E-state index contributed by atoms with van der Waals surface area (Å²) in [5, 5.41) is 11.0. The maximum absolute atomic E-state index is 13.5. The quantitative estimate of drug-likeness (QED) is 0.794. The van der Waals surface area contributed by atoms with E-state index in [0.29, 0.717) is 17.6 Å². The summed E-state index contributed by atoms with van der Waals surface area (Å²) >= 11 is 0. The lowest BCUT2D eigenvalue weighted by molar-refractivity contribution is -0.143. The normalized spacial score (nSPS) is 11.4. The van der Waals surface area contributed by atoms with Crippen LogP contribution in [0.3, 0.4) is 0 Å². The van der Waals surface area contributed by atoms with Gasteiger partial charge in [0.1, 0.15) is 0 Å². The number of methoxy groups -OCH3 is 1. The van der Waals surface area contributed by atoms with Crippen molar-refractivity contribution in [2.45, 2.75) is 25.9 Å². The van der Waals surface area contributed by atoms with Crippen LogP contribution in [0.5, 0.6) is 5.88 Å². The van der Waals surface area contributed by atoms with Gasteiger partial charge in [-0.25, -0.2) is 4.68 Å². The molecule has 1 amide bonds. The third-order valence-electron chi connectivity index (χ3n) is 3.51. The molecule has 136 valence electrons. The first-order valence-electron chi connectivity index (χ1n) is 7.58. The molecule has 0 atom stereocenters. The van der Waals surface area contributed by atoms with Crippen LogP contribution in [0.15, 0.2) is 18.3 Å². The summed E-state index contributed by atoms with van der Waals surface area (Å²) < 4.78 is 46.0. The van der Waals surface area contributed by atoms with E-state index < -0.39 is 23.3 Å². The summed E-state index contributed by atoms with van der Waals surface area (Å²) in [5.41, 5.74) is -1.70. The zero-order valence-corrected chi connectivity index (χ0v) is 14.0. The number of carbonyl (C=O) groups excluding carboxylic acids is 1. The molecule has 0 saturated heterocycles. The fraction of sp³-hybridized carbons (Fsp3) is 0.467. The average molecular weight is 357 g/mol. The molecule has 0 aliphatic carbocycles. The first kappa shape index (κ1) is 18.7. The van der Waals surface area contributed by atoms with Crippen LogP contribution in [0.25, 0.3) is 5.82 Å². The van der Waals surface area contributed by atoms with Gasteiger partial charge in [-0.3, -0.25) is 4.79 Å². The van der Waals surface area contributed by atoms with E-state index in [1.54, 1.807) is 0 Å². The Morgan fingerprint density at radius 2 is 2.04 bits per heavy atom. The van der Waals surface area contributed by atoms with E-state index >= 15 is 0 Å². The van der Waals surface area contributed by atoms with Crippen LogP contribution in [-0.2, 0) is 6.18 Å². The predicted molar refractivity (Wildman–Crippen MR) is 82.6 cm³/mol. The number of halogens is 3. The third kappa shape index (κ3) is 4.06. The zero-order valence-electron chi connectivity index (χ0n) is 14.0. The number of hydrogen-bond donors (Lipinski definition) is 0. The fourth-order valence-corrected chi connectivity index (χ4v) is 2.19. The maximum atomic E-state index is 13.5. The summed E-state index contributed by atoms with van der Waals surface area (Å²) in [6.45, 7) is 2.29. The van der Waals surface area contributed by atoms with Crippen LogP contribution in [-0.4, -0.2) is 51.5 Å². The highest BCUT2D eigenvalue weighted by molar-refractivity contribution is 5.95. The number of ether oxygens (including phenoxy) is 1. The van der Waals surface area contributed by atoms with Gasteiger partial charge in [0.25, 0.3) is 5.91 Å². The van der Waals surface area contributed by atoms with Crippen LogP contribution in [0.4, 0.5) is 13.2 Å². The first-order valence-corrected chi connectivity index (χ1v) is 7.58. The number of unbranched alkanes of at least 4 members (excludes halogenated alkanes) is 1. The number of hydrogen-bond acceptors (Lipinski definition) is 5.